The maximum absolute atomic E-state index is 12.0. The maximum atomic E-state index is 12.0. The zero-order chi connectivity index (χ0) is 15.7. The fourth-order valence-corrected chi connectivity index (χ4v) is 1.54. The summed E-state index contributed by atoms with van der Waals surface area (Å²) < 4.78 is 0. The highest BCUT2D eigenvalue weighted by atomic mass is 16.4. The first-order valence-corrected chi connectivity index (χ1v) is 6.19. The van der Waals surface area contributed by atoms with Gasteiger partial charge in [0.1, 0.15) is 17.4 Å². The van der Waals surface area contributed by atoms with Crippen LogP contribution in [-0.4, -0.2) is 33.0 Å². The number of carboxylic acid groups (broad SMARTS) is 1. The number of H-pyrrole nitrogens is 1. The van der Waals surface area contributed by atoms with Crippen molar-refractivity contribution in [2.75, 3.05) is 0 Å². The van der Waals surface area contributed by atoms with E-state index in [0.29, 0.717) is 5.82 Å². The standard InChI is InChI=1S/C13H19N3O4/c1-6-8(9(17)14-7(2)11(19)20)10(18)16-12(15-6)13(3,4)5/h7H,1-5H3,(H,14,17)(H,19,20)(H,15,16,18)/t7-/m0/s1. The molecular formula is C13H19N3O4. The number of aromatic nitrogens is 2. The first-order chi connectivity index (χ1) is 9.04. The molecule has 7 nitrogen and oxygen atoms in total. The number of hydrogen-bond acceptors (Lipinski definition) is 4. The summed E-state index contributed by atoms with van der Waals surface area (Å²) in [5, 5.41) is 11.0. The van der Waals surface area contributed by atoms with Crippen LogP contribution in [0.25, 0.3) is 0 Å². The SMILES string of the molecule is Cc1nc(C(C)(C)C)[nH]c(=O)c1C(=O)N[C@@H](C)C(=O)O. The van der Waals surface area contributed by atoms with Gasteiger partial charge in [0.2, 0.25) is 0 Å². The van der Waals surface area contributed by atoms with Gasteiger partial charge in [0.05, 0.1) is 5.69 Å². The smallest absolute Gasteiger partial charge is 0.325 e. The van der Waals surface area contributed by atoms with Crippen molar-refractivity contribution in [3.63, 3.8) is 0 Å². The monoisotopic (exact) mass is 281 g/mol. The van der Waals surface area contributed by atoms with Gasteiger partial charge in [-0.2, -0.15) is 0 Å². The first-order valence-electron chi connectivity index (χ1n) is 6.19. The van der Waals surface area contributed by atoms with E-state index < -0.39 is 23.5 Å². The van der Waals surface area contributed by atoms with E-state index >= 15 is 0 Å². The molecule has 0 bridgehead atoms. The van der Waals surface area contributed by atoms with Crippen LogP contribution >= 0.6 is 0 Å². The van der Waals surface area contributed by atoms with Gasteiger partial charge < -0.3 is 15.4 Å². The van der Waals surface area contributed by atoms with Crippen molar-refractivity contribution in [1.82, 2.24) is 15.3 Å². The summed E-state index contributed by atoms with van der Waals surface area (Å²) in [7, 11) is 0. The molecule has 0 saturated heterocycles. The number of aromatic amines is 1. The third kappa shape index (κ3) is 3.43. The number of carboxylic acids is 1. The van der Waals surface area contributed by atoms with E-state index in [4.69, 9.17) is 5.11 Å². The lowest BCUT2D eigenvalue weighted by atomic mass is 9.95. The normalized spacial score (nSPS) is 12.8. The Morgan fingerprint density at radius 1 is 1.35 bits per heavy atom. The summed E-state index contributed by atoms with van der Waals surface area (Å²) in [5.41, 5.74) is -0.815. The van der Waals surface area contributed by atoms with Crippen LogP contribution in [0, 0.1) is 6.92 Å². The highest BCUT2D eigenvalue weighted by Crippen LogP contribution is 2.17. The molecule has 0 unspecified atom stereocenters. The molecule has 0 aliphatic carbocycles. The molecule has 0 spiro atoms. The second-order valence-corrected chi connectivity index (χ2v) is 5.66. The molecule has 0 radical (unpaired) electrons. The van der Waals surface area contributed by atoms with Crippen molar-refractivity contribution in [2.24, 2.45) is 0 Å². The molecule has 0 aliphatic rings. The third-order valence-corrected chi connectivity index (χ3v) is 2.76. The maximum Gasteiger partial charge on any atom is 0.325 e. The highest BCUT2D eigenvalue weighted by molar-refractivity contribution is 5.97. The first kappa shape index (κ1) is 15.9. The predicted octanol–water partition coefficient (Wildman–Crippen LogP) is 0.579. The molecule has 0 aliphatic heterocycles. The summed E-state index contributed by atoms with van der Waals surface area (Å²) in [6.07, 6.45) is 0. The summed E-state index contributed by atoms with van der Waals surface area (Å²) >= 11 is 0. The van der Waals surface area contributed by atoms with Crippen LogP contribution in [0.2, 0.25) is 0 Å². The van der Waals surface area contributed by atoms with E-state index in [9.17, 15) is 14.4 Å². The number of aryl methyl sites for hydroxylation is 1. The van der Waals surface area contributed by atoms with Crippen molar-refractivity contribution >= 4 is 11.9 Å². The van der Waals surface area contributed by atoms with E-state index in [0.717, 1.165) is 0 Å². The van der Waals surface area contributed by atoms with Gasteiger partial charge in [0.25, 0.3) is 11.5 Å². The molecule has 20 heavy (non-hydrogen) atoms. The van der Waals surface area contributed by atoms with Crippen LogP contribution in [0.4, 0.5) is 0 Å². The second-order valence-electron chi connectivity index (χ2n) is 5.66. The summed E-state index contributed by atoms with van der Waals surface area (Å²) in [4.78, 5) is 41.4. The largest absolute Gasteiger partial charge is 0.480 e. The third-order valence-electron chi connectivity index (χ3n) is 2.76. The minimum Gasteiger partial charge on any atom is -0.480 e. The van der Waals surface area contributed by atoms with Gasteiger partial charge >= 0.3 is 5.97 Å². The van der Waals surface area contributed by atoms with Gasteiger partial charge in [-0.15, -0.1) is 0 Å². The Hall–Kier alpha value is -2.18. The number of rotatable bonds is 3. The number of nitrogens with zero attached hydrogens (tertiary/aromatic N) is 1. The van der Waals surface area contributed by atoms with Crippen molar-refractivity contribution in [3.8, 4) is 0 Å². The number of carbonyl (C=O) groups excluding carboxylic acids is 1. The van der Waals surface area contributed by atoms with Crippen LogP contribution in [0.5, 0.6) is 0 Å². The Morgan fingerprint density at radius 2 is 1.90 bits per heavy atom. The lowest BCUT2D eigenvalue weighted by Gasteiger charge is -2.18. The lowest BCUT2D eigenvalue weighted by Crippen LogP contribution is -2.41. The van der Waals surface area contributed by atoms with E-state index in [1.54, 1.807) is 6.92 Å². The lowest BCUT2D eigenvalue weighted by molar-refractivity contribution is -0.138. The summed E-state index contributed by atoms with van der Waals surface area (Å²) in [5.74, 6) is -1.44. The van der Waals surface area contributed by atoms with Gasteiger partial charge in [0.15, 0.2) is 0 Å². The van der Waals surface area contributed by atoms with Gasteiger partial charge in [-0.1, -0.05) is 20.8 Å². The fourth-order valence-electron chi connectivity index (χ4n) is 1.54. The molecule has 1 aromatic rings. The van der Waals surface area contributed by atoms with Crippen molar-refractivity contribution in [3.05, 3.63) is 27.4 Å². The van der Waals surface area contributed by atoms with Gasteiger partial charge in [0, 0.05) is 5.41 Å². The molecule has 7 heteroatoms. The molecule has 1 amide bonds. The van der Waals surface area contributed by atoms with E-state index in [1.807, 2.05) is 20.8 Å². The van der Waals surface area contributed by atoms with Gasteiger partial charge in [-0.05, 0) is 13.8 Å². The number of nitrogens with one attached hydrogen (secondary N) is 2. The molecule has 110 valence electrons. The molecular weight excluding hydrogens is 262 g/mol. The zero-order valence-corrected chi connectivity index (χ0v) is 12.2. The minimum absolute atomic E-state index is 0.161. The molecule has 1 aromatic heterocycles. The number of carbonyl (C=O) groups is 2. The number of amides is 1. The van der Waals surface area contributed by atoms with E-state index in [2.05, 4.69) is 15.3 Å². The van der Waals surface area contributed by atoms with Gasteiger partial charge in [-0.25, -0.2) is 4.98 Å². The van der Waals surface area contributed by atoms with Gasteiger partial charge in [-0.3, -0.25) is 14.4 Å². The molecule has 1 heterocycles. The number of aliphatic carboxylic acids is 1. The average Bonchev–Trinajstić information content (AvgIpc) is 2.26. The average molecular weight is 281 g/mol. The molecule has 0 aromatic carbocycles. The summed E-state index contributed by atoms with van der Waals surface area (Å²) in [6.45, 7) is 8.52. The quantitative estimate of drug-likeness (QED) is 0.750. The van der Waals surface area contributed by atoms with Crippen LogP contribution in [-0.2, 0) is 10.2 Å². The van der Waals surface area contributed by atoms with Crippen molar-refractivity contribution in [1.29, 1.82) is 0 Å². The van der Waals surface area contributed by atoms with E-state index in [-0.39, 0.29) is 16.7 Å². The Labute approximate surface area is 116 Å². The second kappa shape index (κ2) is 5.44. The van der Waals surface area contributed by atoms with Crippen molar-refractivity contribution < 1.29 is 14.7 Å². The Bertz CT molecular complexity index is 599. The van der Waals surface area contributed by atoms with Crippen LogP contribution in [0.3, 0.4) is 0 Å². The zero-order valence-electron chi connectivity index (χ0n) is 12.2. The summed E-state index contributed by atoms with van der Waals surface area (Å²) in [6, 6.07) is -1.08. The van der Waals surface area contributed by atoms with Crippen molar-refractivity contribution in [2.45, 2.75) is 46.1 Å². The fraction of sp³-hybridized carbons (Fsp3) is 0.538. The molecule has 0 saturated carbocycles. The Balaban J connectivity index is 3.18. The number of hydrogen-bond donors (Lipinski definition) is 3. The molecule has 3 N–H and O–H groups in total. The predicted molar refractivity (Wildman–Crippen MR) is 72.9 cm³/mol. The van der Waals surface area contributed by atoms with E-state index in [1.165, 1.54) is 6.92 Å². The molecule has 1 rings (SSSR count). The minimum atomic E-state index is -1.17. The Morgan fingerprint density at radius 3 is 2.30 bits per heavy atom. The molecule has 0 fully saturated rings. The molecule has 1 atom stereocenters. The highest BCUT2D eigenvalue weighted by Gasteiger charge is 2.23. The van der Waals surface area contributed by atoms with Crippen LogP contribution in [0.1, 0.15) is 49.6 Å². The Kier molecular flexibility index (Phi) is 4.32. The van der Waals surface area contributed by atoms with Crippen LogP contribution < -0.4 is 10.9 Å². The van der Waals surface area contributed by atoms with Crippen LogP contribution in [0.15, 0.2) is 4.79 Å². The topological polar surface area (TPSA) is 112 Å².